The summed E-state index contributed by atoms with van der Waals surface area (Å²) in [5, 5.41) is 4.59. The molecule has 0 saturated carbocycles. The summed E-state index contributed by atoms with van der Waals surface area (Å²) >= 11 is 11.8. The van der Waals surface area contributed by atoms with Crippen LogP contribution in [0.2, 0.25) is 10.0 Å². The molecule has 1 aliphatic heterocycles. The second-order valence-electron chi connectivity index (χ2n) is 6.44. The van der Waals surface area contributed by atoms with Crippen molar-refractivity contribution in [2.75, 3.05) is 13.1 Å². The van der Waals surface area contributed by atoms with Gasteiger partial charge in [-0.3, -0.25) is 9.59 Å². The molecule has 0 aromatic heterocycles. The first kappa shape index (κ1) is 20.3. The Labute approximate surface area is 172 Å². The summed E-state index contributed by atoms with van der Waals surface area (Å²) in [6.45, 7) is 0.949. The maximum Gasteiger partial charge on any atom is 0.253 e. The number of halogens is 3. The van der Waals surface area contributed by atoms with Crippen molar-refractivity contribution < 1.29 is 14.0 Å². The van der Waals surface area contributed by atoms with E-state index in [0.29, 0.717) is 36.5 Å². The van der Waals surface area contributed by atoms with E-state index in [0.717, 1.165) is 0 Å². The number of hydrogen-bond donors (Lipinski definition) is 1. The predicted molar refractivity (Wildman–Crippen MR) is 107 cm³/mol. The first-order valence-electron chi connectivity index (χ1n) is 8.77. The molecule has 1 saturated heterocycles. The van der Waals surface area contributed by atoms with Crippen LogP contribution in [0.4, 0.5) is 4.39 Å². The highest BCUT2D eigenvalue weighted by Crippen LogP contribution is 2.20. The Bertz CT molecular complexity index is 875. The van der Waals surface area contributed by atoms with Gasteiger partial charge in [-0.1, -0.05) is 29.3 Å². The number of carbonyl (C=O) groups excluding carboxylic acids is 2. The van der Waals surface area contributed by atoms with E-state index in [9.17, 15) is 14.0 Å². The third-order valence-electron chi connectivity index (χ3n) is 4.61. The number of carbonyl (C=O) groups is 2. The van der Waals surface area contributed by atoms with Crippen LogP contribution in [0.1, 0.15) is 28.8 Å². The maximum atomic E-state index is 13.7. The van der Waals surface area contributed by atoms with E-state index in [1.165, 1.54) is 18.3 Å². The Hall–Kier alpha value is -2.44. The van der Waals surface area contributed by atoms with Gasteiger partial charge in [0.25, 0.3) is 5.91 Å². The molecule has 28 heavy (non-hydrogen) atoms. The summed E-state index contributed by atoms with van der Waals surface area (Å²) in [4.78, 5) is 26.5. The average Bonchev–Trinajstić information content (AvgIpc) is 2.70. The standard InChI is InChI=1S/C20H18Cl2FN3O2/c21-15-6-4-14(5-7-15)20(28)26-10-8-13(9-11-26)19(27)25-24-12-16-17(22)2-1-3-18(16)23/h1-7,12-13H,8-11H2,(H,25,27)/b24-12+. The number of hydrazone groups is 1. The third-order valence-corrected chi connectivity index (χ3v) is 5.19. The molecule has 0 atom stereocenters. The Morgan fingerprint density at radius 3 is 2.43 bits per heavy atom. The van der Waals surface area contributed by atoms with E-state index in [2.05, 4.69) is 10.5 Å². The van der Waals surface area contributed by atoms with Crippen molar-refractivity contribution >= 4 is 41.2 Å². The van der Waals surface area contributed by atoms with Gasteiger partial charge in [-0.25, -0.2) is 9.82 Å². The first-order chi connectivity index (χ1) is 13.5. The van der Waals surface area contributed by atoms with Crippen molar-refractivity contribution in [1.29, 1.82) is 0 Å². The van der Waals surface area contributed by atoms with Crippen LogP contribution in [0.5, 0.6) is 0 Å². The largest absolute Gasteiger partial charge is 0.339 e. The van der Waals surface area contributed by atoms with Crippen LogP contribution in [0.3, 0.4) is 0 Å². The fourth-order valence-electron chi connectivity index (χ4n) is 3.01. The van der Waals surface area contributed by atoms with E-state index in [4.69, 9.17) is 23.2 Å². The SMILES string of the molecule is O=C(N/N=C/c1c(F)cccc1Cl)C1CCN(C(=O)c2ccc(Cl)cc2)CC1. The van der Waals surface area contributed by atoms with Crippen LogP contribution in [0, 0.1) is 11.7 Å². The van der Waals surface area contributed by atoms with E-state index < -0.39 is 5.82 Å². The van der Waals surface area contributed by atoms with E-state index >= 15 is 0 Å². The highest BCUT2D eigenvalue weighted by molar-refractivity contribution is 6.33. The van der Waals surface area contributed by atoms with Gasteiger partial charge < -0.3 is 4.90 Å². The van der Waals surface area contributed by atoms with Crippen molar-refractivity contribution in [2.24, 2.45) is 11.0 Å². The molecule has 0 radical (unpaired) electrons. The van der Waals surface area contributed by atoms with Gasteiger partial charge in [-0.2, -0.15) is 5.10 Å². The zero-order valence-electron chi connectivity index (χ0n) is 14.9. The summed E-state index contributed by atoms with van der Waals surface area (Å²) in [7, 11) is 0. The van der Waals surface area contributed by atoms with E-state index in [1.54, 1.807) is 35.2 Å². The van der Waals surface area contributed by atoms with E-state index in [1.807, 2.05) is 0 Å². The lowest BCUT2D eigenvalue weighted by Crippen LogP contribution is -2.42. The molecule has 3 rings (SSSR count). The number of nitrogens with one attached hydrogen (secondary N) is 1. The third kappa shape index (κ3) is 4.88. The van der Waals surface area contributed by atoms with Crippen LogP contribution >= 0.6 is 23.2 Å². The van der Waals surface area contributed by atoms with Crippen molar-refractivity contribution in [3.05, 3.63) is 69.5 Å². The number of likely N-dealkylation sites (tertiary alicyclic amines) is 1. The van der Waals surface area contributed by atoms with Crippen molar-refractivity contribution in [3.63, 3.8) is 0 Å². The predicted octanol–water partition coefficient (Wildman–Crippen LogP) is 4.14. The van der Waals surface area contributed by atoms with E-state index in [-0.39, 0.29) is 28.3 Å². The fourth-order valence-corrected chi connectivity index (χ4v) is 3.34. The van der Waals surface area contributed by atoms with Crippen LogP contribution in [-0.4, -0.2) is 36.0 Å². The smallest absolute Gasteiger partial charge is 0.253 e. The fraction of sp³-hybridized carbons (Fsp3) is 0.250. The molecule has 2 aromatic carbocycles. The number of benzene rings is 2. The molecular formula is C20H18Cl2FN3O2. The zero-order chi connectivity index (χ0) is 20.1. The highest BCUT2D eigenvalue weighted by Gasteiger charge is 2.27. The molecule has 1 heterocycles. The Morgan fingerprint density at radius 2 is 1.79 bits per heavy atom. The Morgan fingerprint density at radius 1 is 1.11 bits per heavy atom. The van der Waals surface area contributed by atoms with Gasteiger partial charge in [0.2, 0.25) is 5.91 Å². The zero-order valence-corrected chi connectivity index (χ0v) is 16.4. The van der Waals surface area contributed by atoms with Crippen molar-refractivity contribution in [1.82, 2.24) is 10.3 Å². The number of hydrogen-bond acceptors (Lipinski definition) is 3. The van der Waals surface area contributed by atoms with Crippen LogP contribution in [0.25, 0.3) is 0 Å². The highest BCUT2D eigenvalue weighted by atomic mass is 35.5. The molecule has 0 aliphatic carbocycles. The lowest BCUT2D eigenvalue weighted by Gasteiger charge is -2.31. The lowest BCUT2D eigenvalue weighted by atomic mass is 9.95. The Kier molecular flexibility index (Phi) is 6.65. The topological polar surface area (TPSA) is 61.8 Å². The minimum absolute atomic E-state index is 0.0808. The second kappa shape index (κ2) is 9.17. The average molecular weight is 422 g/mol. The summed E-state index contributed by atoms with van der Waals surface area (Å²) < 4.78 is 13.7. The molecule has 5 nitrogen and oxygen atoms in total. The van der Waals surface area contributed by atoms with Crippen molar-refractivity contribution in [3.8, 4) is 0 Å². The molecule has 146 valence electrons. The van der Waals surface area contributed by atoms with Crippen molar-refractivity contribution in [2.45, 2.75) is 12.8 Å². The molecule has 0 spiro atoms. The van der Waals surface area contributed by atoms with Gasteiger partial charge in [0.15, 0.2) is 0 Å². The van der Waals surface area contributed by atoms with Gasteiger partial charge >= 0.3 is 0 Å². The summed E-state index contributed by atoms with van der Waals surface area (Å²) in [6, 6.07) is 11.0. The Balaban J connectivity index is 1.52. The second-order valence-corrected chi connectivity index (χ2v) is 7.29. The van der Waals surface area contributed by atoms with Crippen LogP contribution in [-0.2, 0) is 4.79 Å². The molecule has 1 fully saturated rings. The monoisotopic (exact) mass is 421 g/mol. The maximum absolute atomic E-state index is 13.7. The van der Waals surface area contributed by atoms with Gasteiger partial charge in [-0.15, -0.1) is 0 Å². The summed E-state index contributed by atoms with van der Waals surface area (Å²) in [5.41, 5.74) is 3.11. The van der Waals surface area contributed by atoms with Crippen LogP contribution < -0.4 is 5.43 Å². The number of amides is 2. The minimum Gasteiger partial charge on any atom is -0.339 e. The molecule has 8 heteroatoms. The number of rotatable bonds is 4. The minimum atomic E-state index is -0.514. The molecule has 2 amide bonds. The summed E-state index contributed by atoms with van der Waals surface area (Å²) in [6.07, 6.45) is 2.25. The molecule has 0 unspecified atom stereocenters. The van der Waals surface area contributed by atoms with Gasteiger partial charge in [-0.05, 0) is 49.2 Å². The molecule has 1 aliphatic rings. The lowest BCUT2D eigenvalue weighted by molar-refractivity contribution is -0.126. The normalized spacial score (nSPS) is 15.0. The first-order valence-corrected chi connectivity index (χ1v) is 9.53. The number of piperidine rings is 1. The molecule has 1 N–H and O–H groups in total. The number of nitrogens with zero attached hydrogens (tertiary/aromatic N) is 2. The van der Waals surface area contributed by atoms with Gasteiger partial charge in [0, 0.05) is 35.2 Å². The quantitative estimate of drug-likeness (QED) is 0.595. The van der Waals surface area contributed by atoms with Gasteiger partial charge in [0.05, 0.1) is 11.2 Å². The summed E-state index contributed by atoms with van der Waals surface area (Å²) in [5.74, 6) is -1.12. The molecular weight excluding hydrogens is 404 g/mol. The molecule has 0 bridgehead atoms. The van der Waals surface area contributed by atoms with Crippen LogP contribution in [0.15, 0.2) is 47.6 Å². The molecule has 2 aromatic rings. The van der Waals surface area contributed by atoms with Gasteiger partial charge in [0.1, 0.15) is 5.82 Å².